The van der Waals surface area contributed by atoms with E-state index in [9.17, 15) is 10.1 Å². The largest absolute Gasteiger partial charge is 0.362 e. The standard InChI is InChI=1S/C10H12N6O2S/c1-6(2)14-8-7(16(17)18)9(13-5-12-8)15-10-11-3-4-19-10/h3-6H,1-2H3,(H2,11,12,13,14,15). The number of anilines is 3. The Kier molecular flexibility index (Phi) is 3.85. The predicted octanol–water partition coefficient (Wildman–Crippen LogP) is 2.41. The van der Waals surface area contributed by atoms with Crippen molar-refractivity contribution in [1.82, 2.24) is 15.0 Å². The Balaban J connectivity index is 2.39. The molecule has 8 nitrogen and oxygen atoms in total. The molecule has 0 amide bonds. The molecule has 0 saturated heterocycles. The van der Waals surface area contributed by atoms with E-state index in [0.29, 0.717) is 5.13 Å². The second kappa shape index (κ2) is 5.57. The molecule has 2 aromatic rings. The average Bonchev–Trinajstić information content (AvgIpc) is 2.80. The zero-order chi connectivity index (χ0) is 13.8. The van der Waals surface area contributed by atoms with Crippen molar-refractivity contribution in [3.05, 3.63) is 28.0 Å². The molecule has 0 fully saturated rings. The van der Waals surface area contributed by atoms with E-state index in [0.717, 1.165) is 0 Å². The maximum atomic E-state index is 11.2. The van der Waals surface area contributed by atoms with E-state index in [1.165, 1.54) is 17.7 Å². The molecule has 0 unspecified atom stereocenters. The van der Waals surface area contributed by atoms with Gasteiger partial charge in [-0.15, -0.1) is 11.3 Å². The first kappa shape index (κ1) is 13.1. The predicted molar refractivity (Wildman–Crippen MR) is 72.8 cm³/mol. The van der Waals surface area contributed by atoms with Crippen molar-refractivity contribution in [3.63, 3.8) is 0 Å². The van der Waals surface area contributed by atoms with Crippen LogP contribution in [-0.2, 0) is 0 Å². The molecule has 0 spiro atoms. The molecule has 2 N–H and O–H groups in total. The summed E-state index contributed by atoms with van der Waals surface area (Å²) in [7, 11) is 0. The van der Waals surface area contributed by atoms with Crippen LogP contribution in [0.3, 0.4) is 0 Å². The summed E-state index contributed by atoms with van der Waals surface area (Å²) in [6.07, 6.45) is 2.88. The smallest absolute Gasteiger partial charge is 0.353 e. The fourth-order valence-electron chi connectivity index (χ4n) is 1.41. The summed E-state index contributed by atoms with van der Waals surface area (Å²) in [5.41, 5.74) is -0.189. The van der Waals surface area contributed by atoms with Gasteiger partial charge < -0.3 is 10.6 Å². The first-order valence-corrected chi connectivity index (χ1v) is 6.38. The third kappa shape index (κ3) is 3.13. The van der Waals surface area contributed by atoms with Crippen molar-refractivity contribution in [1.29, 1.82) is 0 Å². The van der Waals surface area contributed by atoms with Gasteiger partial charge in [-0.1, -0.05) is 0 Å². The van der Waals surface area contributed by atoms with Crippen LogP contribution in [0.4, 0.5) is 22.5 Å². The van der Waals surface area contributed by atoms with Crippen LogP contribution in [0.1, 0.15) is 13.8 Å². The van der Waals surface area contributed by atoms with Gasteiger partial charge >= 0.3 is 5.69 Å². The molecule has 2 heterocycles. The zero-order valence-corrected chi connectivity index (χ0v) is 11.1. The van der Waals surface area contributed by atoms with E-state index in [1.54, 1.807) is 11.6 Å². The number of hydrogen-bond acceptors (Lipinski definition) is 8. The van der Waals surface area contributed by atoms with Gasteiger partial charge in [-0.05, 0) is 13.8 Å². The van der Waals surface area contributed by atoms with Crippen LogP contribution in [-0.4, -0.2) is 25.9 Å². The highest BCUT2D eigenvalue weighted by molar-refractivity contribution is 7.13. The fourth-order valence-corrected chi connectivity index (χ4v) is 1.94. The molecule has 0 saturated carbocycles. The molecule has 0 aliphatic carbocycles. The molecule has 0 aromatic carbocycles. The Labute approximate surface area is 113 Å². The number of thiazole rings is 1. The lowest BCUT2D eigenvalue weighted by molar-refractivity contribution is -0.383. The van der Waals surface area contributed by atoms with Gasteiger partial charge in [-0.2, -0.15) is 0 Å². The molecule has 0 atom stereocenters. The van der Waals surface area contributed by atoms with Crippen molar-refractivity contribution < 1.29 is 4.92 Å². The van der Waals surface area contributed by atoms with Gasteiger partial charge in [-0.25, -0.2) is 15.0 Å². The lowest BCUT2D eigenvalue weighted by atomic mass is 10.3. The Bertz CT molecular complexity index is 571. The Morgan fingerprint density at radius 3 is 2.63 bits per heavy atom. The lowest BCUT2D eigenvalue weighted by Gasteiger charge is -2.10. The van der Waals surface area contributed by atoms with Gasteiger partial charge in [0, 0.05) is 17.6 Å². The summed E-state index contributed by atoms with van der Waals surface area (Å²) in [5, 5.41) is 19.2. The Morgan fingerprint density at radius 2 is 2.05 bits per heavy atom. The van der Waals surface area contributed by atoms with Crippen LogP contribution in [0.5, 0.6) is 0 Å². The molecule has 2 rings (SSSR count). The van der Waals surface area contributed by atoms with Crippen molar-refractivity contribution in [3.8, 4) is 0 Å². The Hall–Kier alpha value is -2.29. The third-order valence-corrected chi connectivity index (χ3v) is 2.78. The number of nitrogens with zero attached hydrogens (tertiary/aromatic N) is 4. The zero-order valence-electron chi connectivity index (χ0n) is 10.3. The van der Waals surface area contributed by atoms with Gasteiger partial charge in [-0.3, -0.25) is 10.1 Å². The SMILES string of the molecule is CC(C)Nc1ncnc(Nc2nccs2)c1[N+](=O)[O-]. The summed E-state index contributed by atoms with van der Waals surface area (Å²) in [6.45, 7) is 3.75. The molecule has 19 heavy (non-hydrogen) atoms. The topological polar surface area (TPSA) is 106 Å². The number of nitrogens with one attached hydrogen (secondary N) is 2. The normalized spacial score (nSPS) is 10.5. The highest BCUT2D eigenvalue weighted by atomic mass is 32.1. The molecule has 9 heteroatoms. The third-order valence-electron chi connectivity index (χ3n) is 2.09. The van der Waals surface area contributed by atoms with E-state index < -0.39 is 4.92 Å². The maximum Gasteiger partial charge on any atom is 0.353 e. The van der Waals surface area contributed by atoms with Crippen LogP contribution < -0.4 is 10.6 Å². The number of nitro groups is 1. The van der Waals surface area contributed by atoms with Crippen molar-refractivity contribution in [2.75, 3.05) is 10.6 Å². The summed E-state index contributed by atoms with van der Waals surface area (Å²) >= 11 is 1.33. The molecular weight excluding hydrogens is 268 g/mol. The van der Waals surface area contributed by atoms with Crippen molar-refractivity contribution in [2.45, 2.75) is 19.9 Å². The van der Waals surface area contributed by atoms with Gasteiger partial charge in [0.2, 0.25) is 11.6 Å². The van der Waals surface area contributed by atoms with Crippen LogP contribution in [0.15, 0.2) is 17.9 Å². The van der Waals surface area contributed by atoms with Crippen LogP contribution in [0, 0.1) is 10.1 Å². The summed E-state index contributed by atoms with van der Waals surface area (Å²) < 4.78 is 0. The Morgan fingerprint density at radius 1 is 1.32 bits per heavy atom. The minimum Gasteiger partial charge on any atom is -0.362 e. The number of aromatic nitrogens is 3. The minimum atomic E-state index is -0.513. The average molecular weight is 280 g/mol. The quantitative estimate of drug-likeness (QED) is 0.639. The molecule has 0 bridgehead atoms. The van der Waals surface area contributed by atoms with E-state index >= 15 is 0 Å². The van der Waals surface area contributed by atoms with Crippen LogP contribution in [0.25, 0.3) is 0 Å². The summed E-state index contributed by atoms with van der Waals surface area (Å²) in [5.74, 6) is 0.312. The maximum absolute atomic E-state index is 11.2. The monoisotopic (exact) mass is 280 g/mol. The van der Waals surface area contributed by atoms with Crippen LogP contribution in [0.2, 0.25) is 0 Å². The first-order valence-electron chi connectivity index (χ1n) is 5.50. The molecule has 0 aliphatic rings. The fraction of sp³-hybridized carbons (Fsp3) is 0.300. The summed E-state index contributed by atoms with van der Waals surface area (Å²) in [4.78, 5) is 22.5. The van der Waals surface area contributed by atoms with E-state index in [4.69, 9.17) is 0 Å². The van der Waals surface area contributed by atoms with Crippen molar-refractivity contribution >= 4 is 33.8 Å². The lowest BCUT2D eigenvalue weighted by Crippen LogP contribution is -2.14. The summed E-state index contributed by atoms with van der Waals surface area (Å²) in [6, 6.07) is 0.0290. The highest BCUT2D eigenvalue weighted by Gasteiger charge is 2.23. The minimum absolute atomic E-state index is 0.0290. The molecule has 0 aliphatic heterocycles. The molecular formula is C10H12N6O2S. The number of rotatable bonds is 5. The molecule has 100 valence electrons. The van der Waals surface area contributed by atoms with Gasteiger partial charge in [0.25, 0.3) is 0 Å². The van der Waals surface area contributed by atoms with Crippen LogP contribution >= 0.6 is 11.3 Å². The van der Waals surface area contributed by atoms with Gasteiger partial charge in [0.1, 0.15) is 6.33 Å². The van der Waals surface area contributed by atoms with Gasteiger partial charge in [0.15, 0.2) is 5.13 Å². The molecule has 0 radical (unpaired) electrons. The number of hydrogen-bond donors (Lipinski definition) is 2. The highest BCUT2D eigenvalue weighted by Crippen LogP contribution is 2.31. The first-order chi connectivity index (χ1) is 9.08. The van der Waals surface area contributed by atoms with E-state index in [-0.39, 0.29) is 23.4 Å². The van der Waals surface area contributed by atoms with Gasteiger partial charge in [0.05, 0.1) is 4.92 Å². The van der Waals surface area contributed by atoms with E-state index in [2.05, 4.69) is 25.6 Å². The second-order valence-electron chi connectivity index (χ2n) is 3.94. The second-order valence-corrected chi connectivity index (χ2v) is 4.83. The van der Waals surface area contributed by atoms with E-state index in [1.807, 2.05) is 13.8 Å². The molecule has 2 aromatic heterocycles. The van der Waals surface area contributed by atoms with Crippen molar-refractivity contribution in [2.24, 2.45) is 0 Å².